The third-order valence-corrected chi connectivity index (χ3v) is 3.33. The first kappa shape index (κ1) is 15.9. The number of ether oxygens (including phenoxy) is 1. The Morgan fingerprint density at radius 3 is 2.50 bits per heavy atom. The Hall–Kier alpha value is -2.49. The zero-order chi connectivity index (χ0) is 15.9. The summed E-state index contributed by atoms with van der Waals surface area (Å²) in [6.45, 7) is 6.69. The maximum absolute atomic E-state index is 11.7. The van der Waals surface area contributed by atoms with Crippen LogP contribution in [0.15, 0.2) is 42.5 Å². The van der Waals surface area contributed by atoms with Crippen molar-refractivity contribution in [3.05, 3.63) is 64.7 Å². The largest absolute Gasteiger partial charge is 0.473 e. The van der Waals surface area contributed by atoms with Crippen LogP contribution < -0.4 is 15.4 Å². The van der Waals surface area contributed by atoms with Gasteiger partial charge in [0.25, 0.3) is 0 Å². The molecule has 2 amide bonds. The third kappa shape index (κ3) is 4.81. The normalized spacial score (nSPS) is 10.1. The molecular weight excluding hydrogens is 276 g/mol. The second-order valence-electron chi connectivity index (χ2n) is 5.41. The standard InChI is InChI=1S/C18H22N2O2/c1-13-5-4-6-16(10-13)11-19-18(21)20-12-22-17-8-7-14(2)9-15(17)3/h4-10H,11-12H2,1-3H3,(H2,19,20,21). The van der Waals surface area contributed by atoms with Gasteiger partial charge in [0.1, 0.15) is 5.75 Å². The van der Waals surface area contributed by atoms with Gasteiger partial charge in [0.15, 0.2) is 6.73 Å². The second-order valence-corrected chi connectivity index (χ2v) is 5.41. The van der Waals surface area contributed by atoms with Crippen LogP contribution in [0, 0.1) is 20.8 Å². The van der Waals surface area contributed by atoms with E-state index in [-0.39, 0.29) is 12.8 Å². The molecule has 0 spiro atoms. The molecule has 0 unspecified atom stereocenters. The van der Waals surface area contributed by atoms with E-state index in [1.165, 1.54) is 11.1 Å². The molecule has 0 aliphatic heterocycles. The van der Waals surface area contributed by atoms with Crippen molar-refractivity contribution in [2.45, 2.75) is 27.3 Å². The van der Waals surface area contributed by atoms with Gasteiger partial charge in [-0.1, -0.05) is 47.5 Å². The van der Waals surface area contributed by atoms with E-state index in [0.717, 1.165) is 16.9 Å². The fourth-order valence-corrected chi connectivity index (χ4v) is 2.21. The first-order valence-corrected chi connectivity index (χ1v) is 7.32. The summed E-state index contributed by atoms with van der Waals surface area (Å²) in [6.07, 6.45) is 0. The molecule has 0 aliphatic rings. The van der Waals surface area contributed by atoms with Gasteiger partial charge < -0.3 is 15.4 Å². The highest BCUT2D eigenvalue weighted by Gasteiger charge is 2.02. The molecule has 0 saturated heterocycles. The minimum absolute atomic E-state index is 0.142. The number of rotatable bonds is 5. The van der Waals surface area contributed by atoms with E-state index in [2.05, 4.69) is 10.6 Å². The Labute approximate surface area is 131 Å². The predicted molar refractivity (Wildman–Crippen MR) is 88.0 cm³/mol. The Balaban J connectivity index is 1.74. The van der Waals surface area contributed by atoms with E-state index in [9.17, 15) is 4.79 Å². The molecule has 0 radical (unpaired) electrons. The fraction of sp³-hybridized carbons (Fsp3) is 0.278. The average Bonchev–Trinajstić information content (AvgIpc) is 2.47. The fourth-order valence-electron chi connectivity index (χ4n) is 2.21. The topological polar surface area (TPSA) is 50.4 Å². The van der Waals surface area contributed by atoms with Crippen LogP contribution in [0.25, 0.3) is 0 Å². The van der Waals surface area contributed by atoms with Crippen LogP contribution in [0.5, 0.6) is 5.75 Å². The van der Waals surface area contributed by atoms with Crippen molar-refractivity contribution in [2.75, 3.05) is 6.73 Å². The Bertz CT molecular complexity index is 653. The van der Waals surface area contributed by atoms with E-state index in [1.807, 2.05) is 63.2 Å². The third-order valence-electron chi connectivity index (χ3n) is 3.33. The quantitative estimate of drug-likeness (QED) is 0.831. The molecule has 0 saturated carbocycles. The summed E-state index contributed by atoms with van der Waals surface area (Å²) in [5.74, 6) is 0.782. The van der Waals surface area contributed by atoms with Crippen molar-refractivity contribution < 1.29 is 9.53 Å². The number of hydrogen-bond acceptors (Lipinski definition) is 2. The summed E-state index contributed by atoms with van der Waals surface area (Å²) in [4.78, 5) is 11.7. The highest BCUT2D eigenvalue weighted by molar-refractivity contribution is 5.73. The lowest BCUT2D eigenvalue weighted by Crippen LogP contribution is -2.37. The van der Waals surface area contributed by atoms with Gasteiger partial charge in [-0.2, -0.15) is 0 Å². The van der Waals surface area contributed by atoms with Gasteiger partial charge in [0.2, 0.25) is 0 Å². The van der Waals surface area contributed by atoms with Crippen molar-refractivity contribution in [1.29, 1.82) is 0 Å². The van der Waals surface area contributed by atoms with Gasteiger partial charge in [-0.25, -0.2) is 4.79 Å². The van der Waals surface area contributed by atoms with Crippen LogP contribution in [0.2, 0.25) is 0 Å². The number of carbonyl (C=O) groups is 1. The van der Waals surface area contributed by atoms with Crippen LogP contribution in [0.1, 0.15) is 22.3 Å². The van der Waals surface area contributed by atoms with E-state index in [4.69, 9.17) is 4.74 Å². The van der Waals surface area contributed by atoms with Crippen LogP contribution in [0.4, 0.5) is 4.79 Å². The summed E-state index contributed by atoms with van der Waals surface area (Å²) in [5.41, 5.74) is 4.50. The molecule has 22 heavy (non-hydrogen) atoms. The number of hydrogen-bond donors (Lipinski definition) is 2. The van der Waals surface area contributed by atoms with Crippen LogP contribution in [0.3, 0.4) is 0 Å². The van der Waals surface area contributed by atoms with E-state index in [0.29, 0.717) is 6.54 Å². The maximum atomic E-state index is 11.7. The van der Waals surface area contributed by atoms with Gasteiger partial charge in [0.05, 0.1) is 0 Å². The number of aryl methyl sites for hydroxylation is 3. The SMILES string of the molecule is Cc1cccc(CNC(=O)NCOc2ccc(C)cc2C)c1. The van der Waals surface area contributed by atoms with Gasteiger partial charge in [-0.3, -0.25) is 0 Å². The molecule has 2 rings (SSSR count). The minimum atomic E-state index is -0.244. The molecule has 0 heterocycles. The van der Waals surface area contributed by atoms with Crippen molar-refractivity contribution in [3.8, 4) is 5.75 Å². The van der Waals surface area contributed by atoms with Crippen LogP contribution in [-0.4, -0.2) is 12.8 Å². The lowest BCUT2D eigenvalue weighted by atomic mass is 10.1. The summed E-state index contributed by atoms with van der Waals surface area (Å²) in [5, 5.41) is 5.49. The molecule has 4 heteroatoms. The van der Waals surface area contributed by atoms with E-state index >= 15 is 0 Å². The molecule has 0 atom stereocenters. The zero-order valence-corrected chi connectivity index (χ0v) is 13.3. The molecule has 0 fully saturated rings. The maximum Gasteiger partial charge on any atom is 0.317 e. The molecule has 116 valence electrons. The van der Waals surface area contributed by atoms with Gasteiger partial charge in [-0.05, 0) is 38.0 Å². The van der Waals surface area contributed by atoms with E-state index in [1.54, 1.807) is 0 Å². The monoisotopic (exact) mass is 298 g/mol. The molecule has 4 nitrogen and oxygen atoms in total. The van der Waals surface area contributed by atoms with Crippen LogP contribution >= 0.6 is 0 Å². The van der Waals surface area contributed by atoms with Crippen molar-refractivity contribution in [1.82, 2.24) is 10.6 Å². The lowest BCUT2D eigenvalue weighted by molar-refractivity contribution is 0.223. The number of amides is 2. The molecule has 2 N–H and O–H groups in total. The first-order chi connectivity index (χ1) is 10.5. The van der Waals surface area contributed by atoms with Gasteiger partial charge >= 0.3 is 6.03 Å². The molecular formula is C18H22N2O2. The second kappa shape index (κ2) is 7.50. The highest BCUT2D eigenvalue weighted by Crippen LogP contribution is 2.18. The van der Waals surface area contributed by atoms with Crippen molar-refractivity contribution >= 4 is 6.03 Å². The molecule has 0 bridgehead atoms. The predicted octanol–water partition coefficient (Wildman–Crippen LogP) is 3.45. The summed E-state index contributed by atoms with van der Waals surface area (Å²) >= 11 is 0. The molecule has 0 aromatic heterocycles. The Morgan fingerprint density at radius 2 is 1.77 bits per heavy atom. The molecule has 0 aliphatic carbocycles. The van der Waals surface area contributed by atoms with Crippen molar-refractivity contribution in [2.24, 2.45) is 0 Å². The Morgan fingerprint density at radius 1 is 1.00 bits per heavy atom. The van der Waals surface area contributed by atoms with Crippen LogP contribution in [-0.2, 0) is 6.54 Å². The minimum Gasteiger partial charge on any atom is -0.473 e. The lowest BCUT2D eigenvalue weighted by Gasteiger charge is -2.11. The van der Waals surface area contributed by atoms with Crippen molar-refractivity contribution in [3.63, 3.8) is 0 Å². The van der Waals surface area contributed by atoms with Gasteiger partial charge in [0, 0.05) is 6.54 Å². The Kier molecular flexibility index (Phi) is 5.42. The smallest absolute Gasteiger partial charge is 0.317 e. The number of benzene rings is 2. The molecule has 2 aromatic carbocycles. The summed E-state index contributed by atoms with van der Waals surface area (Å²) in [7, 11) is 0. The summed E-state index contributed by atoms with van der Waals surface area (Å²) < 4.78 is 5.56. The van der Waals surface area contributed by atoms with E-state index < -0.39 is 0 Å². The van der Waals surface area contributed by atoms with Gasteiger partial charge in [-0.15, -0.1) is 0 Å². The average molecular weight is 298 g/mol. The number of nitrogens with one attached hydrogen (secondary N) is 2. The number of carbonyl (C=O) groups excluding carboxylic acids is 1. The number of urea groups is 1. The highest BCUT2D eigenvalue weighted by atomic mass is 16.5. The molecule has 2 aromatic rings. The first-order valence-electron chi connectivity index (χ1n) is 7.32. The summed E-state index contributed by atoms with van der Waals surface area (Å²) in [6, 6.07) is 13.7. The zero-order valence-electron chi connectivity index (χ0n) is 13.3.